The van der Waals surface area contributed by atoms with E-state index >= 15 is 0 Å². The summed E-state index contributed by atoms with van der Waals surface area (Å²) in [7, 11) is 1.25. The zero-order valence-electron chi connectivity index (χ0n) is 20.3. The van der Waals surface area contributed by atoms with Gasteiger partial charge in [0, 0.05) is 0 Å². The Kier molecular flexibility index (Phi) is 7.75. The van der Waals surface area contributed by atoms with Crippen LogP contribution < -0.4 is 5.11 Å². The van der Waals surface area contributed by atoms with Gasteiger partial charge in [0.05, 0.1) is 29.8 Å². The number of rotatable bonds is 9. The Hall–Kier alpha value is -2.14. The molecule has 31 heavy (non-hydrogen) atoms. The van der Waals surface area contributed by atoms with E-state index in [1.807, 2.05) is 0 Å². The molecule has 0 N–H and O–H groups in total. The van der Waals surface area contributed by atoms with Gasteiger partial charge in [-0.2, -0.15) is 0 Å². The summed E-state index contributed by atoms with van der Waals surface area (Å²) in [6, 6.07) is 0. The number of methoxy groups -OCH3 is 1. The van der Waals surface area contributed by atoms with Gasteiger partial charge in [-0.1, -0.05) is 29.1 Å². The highest BCUT2D eigenvalue weighted by atomic mass is 16.6. The molecule has 2 atom stereocenters. The molecule has 1 fully saturated rings. The normalized spacial score (nSPS) is 26.5. The maximum absolute atomic E-state index is 12.9. The highest BCUT2D eigenvalue weighted by Crippen LogP contribution is 2.43. The van der Waals surface area contributed by atoms with Gasteiger partial charge in [-0.3, -0.25) is 4.79 Å². The van der Waals surface area contributed by atoms with Gasteiger partial charge in [-0.25, -0.2) is 4.79 Å². The van der Waals surface area contributed by atoms with Gasteiger partial charge < -0.3 is 14.6 Å². The van der Waals surface area contributed by atoms with Gasteiger partial charge in [0.25, 0.3) is 0 Å². The third kappa shape index (κ3) is 5.57. The monoisotopic (exact) mass is 429 g/mol. The van der Waals surface area contributed by atoms with Crippen molar-refractivity contribution < 1.29 is 24.2 Å². The number of Topliss-reactive ketones (excluding diaryl/α,β-unsaturated/α-hetero) is 1. The summed E-state index contributed by atoms with van der Waals surface area (Å²) in [4.78, 5) is 25.1. The summed E-state index contributed by atoms with van der Waals surface area (Å²) in [6.07, 6.45) is 9.12. The second kappa shape index (κ2) is 9.56. The predicted molar refractivity (Wildman–Crippen MR) is 120 cm³/mol. The molecular weight excluding hydrogens is 392 g/mol. The largest absolute Gasteiger partial charge is 0.872 e. The number of hydrogen-bond donors (Lipinski definition) is 0. The van der Waals surface area contributed by atoms with Crippen LogP contribution in [0.15, 0.2) is 45.8 Å². The number of carbonyl (C=O) groups is 2. The predicted octanol–water partition coefficient (Wildman–Crippen LogP) is 4.72. The van der Waals surface area contributed by atoms with E-state index in [1.54, 1.807) is 13.8 Å². The van der Waals surface area contributed by atoms with Crippen LogP contribution in [0.2, 0.25) is 0 Å². The van der Waals surface area contributed by atoms with Crippen LogP contribution in [0.25, 0.3) is 0 Å². The Morgan fingerprint density at radius 3 is 2.26 bits per heavy atom. The fraction of sp³-hybridized carbons (Fsp3) is 0.615. The molecule has 0 bridgehead atoms. The van der Waals surface area contributed by atoms with Gasteiger partial charge >= 0.3 is 5.97 Å². The topological polar surface area (TPSA) is 79.0 Å². The third-order valence-corrected chi connectivity index (χ3v) is 6.86. The molecule has 0 unspecified atom stereocenters. The van der Waals surface area contributed by atoms with Crippen molar-refractivity contribution in [3.05, 3.63) is 45.8 Å². The van der Waals surface area contributed by atoms with Crippen molar-refractivity contribution in [3.63, 3.8) is 0 Å². The molecule has 0 radical (unpaired) electrons. The van der Waals surface area contributed by atoms with Crippen LogP contribution in [0.3, 0.4) is 0 Å². The Bertz CT molecular complexity index is 868. The molecule has 2 rings (SSSR count). The molecule has 1 saturated heterocycles. The van der Waals surface area contributed by atoms with Crippen LogP contribution in [0.5, 0.6) is 0 Å². The highest BCUT2D eigenvalue weighted by Gasteiger charge is 2.46. The first-order valence-corrected chi connectivity index (χ1v) is 11.1. The quantitative estimate of drug-likeness (QED) is 0.301. The van der Waals surface area contributed by atoms with Crippen molar-refractivity contribution in [2.24, 2.45) is 5.41 Å². The highest BCUT2D eigenvalue weighted by molar-refractivity contribution is 6.08. The first-order valence-electron chi connectivity index (χ1n) is 11.1. The van der Waals surface area contributed by atoms with Crippen LogP contribution >= 0.6 is 0 Å². The number of esters is 1. The van der Waals surface area contributed by atoms with Crippen molar-refractivity contribution in [2.45, 2.75) is 92.3 Å². The Labute approximate surface area is 186 Å². The number of ketones is 1. The van der Waals surface area contributed by atoms with Crippen molar-refractivity contribution in [1.82, 2.24) is 0 Å². The molecule has 1 aliphatic carbocycles. The van der Waals surface area contributed by atoms with Crippen LogP contribution in [0.4, 0.5) is 0 Å². The van der Waals surface area contributed by atoms with E-state index in [4.69, 9.17) is 9.47 Å². The van der Waals surface area contributed by atoms with Gasteiger partial charge in [0.2, 0.25) is 0 Å². The van der Waals surface area contributed by atoms with E-state index in [0.29, 0.717) is 18.1 Å². The van der Waals surface area contributed by atoms with Crippen molar-refractivity contribution in [2.75, 3.05) is 7.11 Å². The molecule has 0 aromatic carbocycles. The fourth-order valence-electron chi connectivity index (χ4n) is 4.14. The minimum absolute atomic E-state index is 0.00506. The average Bonchev–Trinajstić information content (AvgIpc) is 3.34. The lowest BCUT2D eigenvalue weighted by Crippen LogP contribution is -2.38. The maximum atomic E-state index is 12.9. The molecule has 172 valence electrons. The molecule has 5 heteroatoms. The smallest absolute Gasteiger partial charge is 0.337 e. The van der Waals surface area contributed by atoms with Crippen LogP contribution in [0.1, 0.15) is 80.6 Å². The van der Waals surface area contributed by atoms with Crippen molar-refractivity contribution in [1.29, 1.82) is 0 Å². The summed E-state index contributed by atoms with van der Waals surface area (Å²) in [5.41, 5.74) is 2.28. The minimum Gasteiger partial charge on any atom is -0.872 e. The molecule has 0 aromatic heterocycles. The summed E-state index contributed by atoms with van der Waals surface area (Å²) in [5.74, 6) is -1.41. The second-order valence-electron chi connectivity index (χ2n) is 9.70. The molecule has 0 amide bonds. The fourth-order valence-corrected chi connectivity index (χ4v) is 4.14. The number of carbonyl (C=O) groups excluding carboxylic acids is 2. The molecule has 0 aromatic rings. The van der Waals surface area contributed by atoms with Crippen molar-refractivity contribution in [3.8, 4) is 0 Å². The van der Waals surface area contributed by atoms with E-state index < -0.39 is 17.1 Å². The molecule has 1 heterocycles. The summed E-state index contributed by atoms with van der Waals surface area (Å²) in [5, 5.41) is 12.5. The molecule has 1 aliphatic heterocycles. The van der Waals surface area contributed by atoms with Crippen LogP contribution in [0, 0.1) is 5.41 Å². The second-order valence-corrected chi connectivity index (χ2v) is 9.70. The van der Waals surface area contributed by atoms with Crippen molar-refractivity contribution >= 4 is 11.8 Å². The van der Waals surface area contributed by atoms with Crippen LogP contribution in [-0.2, 0) is 19.1 Å². The van der Waals surface area contributed by atoms with E-state index in [9.17, 15) is 14.7 Å². The minimum atomic E-state index is -0.911. The zero-order chi connectivity index (χ0) is 23.6. The van der Waals surface area contributed by atoms with Crippen LogP contribution in [-0.4, -0.2) is 30.6 Å². The zero-order valence-corrected chi connectivity index (χ0v) is 20.3. The van der Waals surface area contributed by atoms with Gasteiger partial charge in [0.15, 0.2) is 5.78 Å². The summed E-state index contributed by atoms with van der Waals surface area (Å²) < 4.78 is 10.4. The van der Waals surface area contributed by atoms with Gasteiger partial charge in [-0.05, 0) is 91.7 Å². The van der Waals surface area contributed by atoms with E-state index in [1.165, 1.54) is 25.2 Å². The SMILES string of the molecule is COC(=O)C1=C(C)[C@@](C)(C/C=C(\C)CC/C=C(\C)CC[C@H]2OC2(C)C)C(=O)C(C)=C1[O-]. The lowest BCUT2D eigenvalue weighted by atomic mass is 9.68. The summed E-state index contributed by atoms with van der Waals surface area (Å²) in [6.45, 7) is 13.5. The van der Waals surface area contributed by atoms with E-state index in [2.05, 4.69) is 39.8 Å². The number of hydrogen-bond acceptors (Lipinski definition) is 5. The Morgan fingerprint density at radius 1 is 1.13 bits per heavy atom. The number of allylic oxidation sites excluding steroid dienone is 6. The van der Waals surface area contributed by atoms with Gasteiger partial charge in [0.1, 0.15) is 0 Å². The average molecular weight is 430 g/mol. The maximum Gasteiger partial charge on any atom is 0.337 e. The number of epoxide rings is 1. The standard InChI is InChI=1S/C26H38O5/c1-16(12-13-20-25(5,6)31-20)10-9-11-17(2)14-15-26(7)19(4)21(24(29)30-8)22(27)18(3)23(26)28/h10,14,20,27H,9,11-13,15H2,1-8H3/p-1/b16-10+,17-14+/t20-,26-/m1/s1. The first kappa shape index (κ1) is 25.1. The molecule has 2 aliphatic rings. The molecule has 5 nitrogen and oxygen atoms in total. The number of ether oxygens (including phenoxy) is 2. The lowest BCUT2D eigenvalue weighted by molar-refractivity contribution is -0.299. The van der Waals surface area contributed by atoms with E-state index in [0.717, 1.165) is 25.7 Å². The third-order valence-electron chi connectivity index (χ3n) is 6.86. The molecule has 0 saturated carbocycles. The summed E-state index contributed by atoms with van der Waals surface area (Å²) >= 11 is 0. The molecular formula is C26H37O5-. The van der Waals surface area contributed by atoms with E-state index in [-0.39, 0.29) is 22.5 Å². The first-order chi connectivity index (χ1) is 14.3. The Morgan fingerprint density at radius 2 is 1.71 bits per heavy atom. The van der Waals surface area contributed by atoms with Gasteiger partial charge in [-0.15, -0.1) is 0 Å². The Balaban J connectivity index is 2.00. The lowest BCUT2D eigenvalue weighted by Gasteiger charge is -2.37. The molecule has 0 spiro atoms.